The summed E-state index contributed by atoms with van der Waals surface area (Å²) in [5, 5.41) is 0. The second-order valence-electron chi connectivity index (χ2n) is 1.78. The van der Waals surface area contributed by atoms with Crippen LogP contribution in [0.2, 0.25) is 0 Å². The Morgan fingerprint density at radius 3 is 1.12 bits per heavy atom. The van der Waals surface area contributed by atoms with Gasteiger partial charge in [0.2, 0.25) is 0 Å². The topological polar surface area (TPSA) is 0 Å². The van der Waals surface area contributed by atoms with E-state index in [9.17, 15) is 0 Å². The normalized spacial score (nSPS) is 7.19. The minimum absolute atomic E-state index is 0. The first-order chi connectivity index (χ1) is 4.61. The van der Waals surface area contributed by atoms with Gasteiger partial charge in [0.25, 0.3) is 48.4 Å². The number of nitrogens with zero attached hydrogens (tertiary/aromatic N) is 1. The second kappa shape index (κ2) is 17.4. The van der Waals surface area contributed by atoms with E-state index in [1.807, 2.05) is 30.3 Å². The van der Waals surface area contributed by atoms with Crippen LogP contribution in [0.4, 0.5) is 5.69 Å². The summed E-state index contributed by atoms with van der Waals surface area (Å²) in [6.07, 6.45) is 0. The van der Waals surface area contributed by atoms with E-state index in [1.54, 1.807) is 0 Å². The number of rotatable bonds is 1. The third kappa shape index (κ3) is 14.4. The molecule has 0 saturated heterocycles. The van der Waals surface area contributed by atoms with Crippen molar-refractivity contribution in [1.82, 2.24) is 1.56 Å². The first-order valence-corrected chi connectivity index (χ1v) is 4.77. The Labute approximate surface area is 159 Å². The van der Waals surface area contributed by atoms with Gasteiger partial charge >= 0.3 is 0 Å². The molecule has 0 spiro atoms. The van der Waals surface area contributed by atoms with Crippen LogP contribution in [0.1, 0.15) is 0 Å². The summed E-state index contributed by atoms with van der Waals surface area (Å²) in [6, 6.07) is 9.93. The Morgan fingerprint density at radius 2 is 0.938 bits per heavy atom. The minimum atomic E-state index is 0. The molecule has 0 heterocycles. The number of quaternary nitrogens is 1. The van der Waals surface area contributed by atoms with Crippen LogP contribution < -0.4 is 1.56 Å². The van der Waals surface area contributed by atoms with E-state index < -0.39 is 0 Å². The van der Waals surface area contributed by atoms with Crippen molar-refractivity contribution in [3.8, 4) is 0 Å². The van der Waals surface area contributed by atoms with Crippen LogP contribution in [-0.2, 0) is 0 Å². The molecule has 0 atom stereocenters. The summed E-state index contributed by atoms with van der Waals surface area (Å²) in [4.78, 5) is 0. The Hall–Kier alpha value is 2.36. The summed E-state index contributed by atoms with van der Waals surface area (Å²) in [5.41, 5.74) is 1.09. The third-order valence-electron chi connectivity index (χ3n) is 1.05. The predicted molar refractivity (Wildman–Crippen MR) is 98.5 cm³/mol. The van der Waals surface area contributed by atoms with Crippen molar-refractivity contribution >= 4 is 129 Å². The molecule has 0 bridgehead atoms. The van der Waals surface area contributed by atoms with Gasteiger partial charge in [-0.3, -0.25) is 0 Å². The van der Waals surface area contributed by atoms with E-state index in [0.717, 1.165) is 5.69 Å². The molecular formula is C6H11Br3Cl6N+. The third-order valence-corrected chi connectivity index (χ3v) is 2.28. The molecule has 1 nitrogen and oxygen atoms in total. The monoisotopic (exact) mass is 544 g/mol. The highest BCUT2D eigenvalue weighted by molar-refractivity contribution is 9.36. The van der Waals surface area contributed by atoms with E-state index in [0.29, 0.717) is 1.56 Å². The van der Waals surface area contributed by atoms with Gasteiger partial charge in [-0.05, 0) is 0 Å². The van der Waals surface area contributed by atoms with Crippen LogP contribution >= 0.6 is 123 Å². The maximum Gasteiger partial charge on any atom is 0.258 e. The maximum atomic E-state index is 3.36. The van der Waals surface area contributed by atoms with Crippen LogP contribution in [0.15, 0.2) is 30.3 Å². The van der Waals surface area contributed by atoms with Crippen LogP contribution in [0.3, 0.4) is 0 Å². The quantitative estimate of drug-likeness (QED) is 0.353. The highest BCUT2D eigenvalue weighted by Gasteiger charge is 2.21. The summed E-state index contributed by atoms with van der Waals surface area (Å²) in [7, 11) is 0. The average molecular weight is 550 g/mol. The highest BCUT2D eigenvalue weighted by Crippen LogP contribution is 2.37. The van der Waals surface area contributed by atoms with Gasteiger partial charge < -0.3 is 0 Å². The molecule has 0 radical (unpaired) electrons. The molecule has 0 unspecified atom stereocenters. The lowest BCUT2D eigenvalue weighted by Gasteiger charge is -2.08. The van der Waals surface area contributed by atoms with Crippen molar-refractivity contribution in [3.63, 3.8) is 0 Å². The molecule has 0 fully saturated rings. The van der Waals surface area contributed by atoms with Crippen LogP contribution in [0, 0.1) is 0 Å². The Morgan fingerprint density at radius 1 is 0.625 bits per heavy atom. The standard InChI is InChI=1S/C6H5Br3N.6ClH/c7-10(8,9)6-4-2-1-3-5-6;;;;;;/h1-5H;6*1H/q+1;;;;;;. The lowest BCUT2D eigenvalue weighted by Crippen LogP contribution is -2.07. The molecule has 0 aliphatic carbocycles. The van der Waals surface area contributed by atoms with Gasteiger partial charge in [0, 0.05) is 12.1 Å². The molecule has 1 rings (SSSR count). The largest absolute Gasteiger partial charge is 0.258 e. The van der Waals surface area contributed by atoms with Gasteiger partial charge in [-0.15, -0.1) is 74.4 Å². The van der Waals surface area contributed by atoms with E-state index in [-0.39, 0.29) is 74.4 Å². The molecule has 1 aromatic carbocycles. The molecule has 0 aromatic heterocycles. The lowest BCUT2D eigenvalue weighted by atomic mass is 10.3. The first-order valence-electron chi connectivity index (χ1n) is 2.64. The zero-order valence-corrected chi connectivity index (χ0v) is 17.1. The Kier molecular flexibility index (Phi) is 39.3. The van der Waals surface area contributed by atoms with Crippen LogP contribution in [-0.4, -0.2) is 0 Å². The van der Waals surface area contributed by atoms with E-state index >= 15 is 0 Å². The van der Waals surface area contributed by atoms with Crippen molar-refractivity contribution in [2.24, 2.45) is 0 Å². The van der Waals surface area contributed by atoms with E-state index in [2.05, 4.69) is 48.4 Å². The zero-order chi connectivity index (χ0) is 7.61. The summed E-state index contributed by atoms with van der Waals surface area (Å²) in [6.45, 7) is 0. The molecule has 0 amide bonds. The molecular weight excluding hydrogens is 539 g/mol. The number of benzene rings is 1. The van der Waals surface area contributed by atoms with E-state index in [4.69, 9.17) is 0 Å². The van der Waals surface area contributed by atoms with Gasteiger partial charge in [0.15, 0.2) is 5.69 Å². The number of halogens is 9. The fraction of sp³-hybridized carbons (Fsp3) is 0. The van der Waals surface area contributed by atoms with Crippen LogP contribution in [0.25, 0.3) is 0 Å². The molecule has 16 heavy (non-hydrogen) atoms. The van der Waals surface area contributed by atoms with Gasteiger partial charge in [-0.2, -0.15) is 0 Å². The van der Waals surface area contributed by atoms with Crippen molar-refractivity contribution in [2.75, 3.05) is 0 Å². The molecule has 0 saturated carbocycles. The van der Waals surface area contributed by atoms with Gasteiger partial charge in [0.05, 0.1) is 0 Å². The highest BCUT2D eigenvalue weighted by atomic mass is 80.0. The van der Waals surface area contributed by atoms with Crippen molar-refractivity contribution in [1.29, 1.82) is 0 Å². The SMILES string of the molecule is Br[N+](Br)(Br)c1ccccc1.Cl.Cl.Cl.Cl.Cl.Cl. The summed E-state index contributed by atoms with van der Waals surface area (Å²) in [5.74, 6) is 0. The second-order valence-corrected chi connectivity index (χ2v) is 7.83. The van der Waals surface area contributed by atoms with Crippen molar-refractivity contribution in [3.05, 3.63) is 30.3 Å². The fourth-order valence-corrected chi connectivity index (χ4v) is 1.31. The summed E-state index contributed by atoms with van der Waals surface area (Å²) < 4.78 is 0.327. The molecule has 102 valence electrons. The molecule has 0 aliphatic heterocycles. The molecule has 10 heteroatoms. The molecule has 0 aliphatic rings. The average Bonchev–Trinajstić information content (AvgIpc) is 1.88. The number of hydrogen-bond donors (Lipinski definition) is 0. The maximum absolute atomic E-state index is 3.36. The van der Waals surface area contributed by atoms with Crippen molar-refractivity contribution < 1.29 is 0 Å². The van der Waals surface area contributed by atoms with Crippen LogP contribution in [0.5, 0.6) is 0 Å². The minimum Gasteiger partial charge on any atom is -0.147 e. The molecule has 1 aromatic rings. The lowest BCUT2D eigenvalue weighted by molar-refractivity contribution is 1.25. The zero-order valence-electron chi connectivity index (χ0n) is 7.42. The predicted octanol–water partition coefficient (Wildman–Crippen LogP) is 6.45. The fourth-order valence-electron chi connectivity index (χ4n) is 0.597. The Bertz CT molecular complexity index is 219. The van der Waals surface area contributed by atoms with E-state index in [1.165, 1.54) is 0 Å². The molecule has 0 N–H and O–H groups in total. The van der Waals surface area contributed by atoms with Crippen molar-refractivity contribution in [2.45, 2.75) is 0 Å². The number of hydrogen-bond acceptors (Lipinski definition) is 0. The van der Waals surface area contributed by atoms with Gasteiger partial charge in [-0.25, -0.2) is 0 Å². The van der Waals surface area contributed by atoms with Gasteiger partial charge in [-0.1, -0.05) is 19.8 Å². The summed E-state index contributed by atoms with van der Waals surface area (Å²) >= 11 is 10.1. The smallest absolute Gasteiger partial charge is 0.147 e. The Balaban J connectivity index is -0.0000000417. The first kappa shape index (κ1) is 36.2. The van der Waals surface area contributed by atoms with Gasteiger partial charge in [0.1, 0.15) is 0 Å².